The second kappa shape index (κ2) is 10.6. The molecule has 0 saturated heterocycles. The Kier molecular flexibility index (Phi) is 7.27. The van der Waals surface area contributed by atoms with Gasteiger partial charge in [-0.25, -0.2) is 4.68 Å². The molecule has 1 atom stereocenters. The smallest absolute Gasteiger partial charge is 0.253 e. The van der Waals surface area contributed by atoms with Crippen LogP contribution in [0.4, 0.5) is 0 Å². The van der Waals surface area contributed by atoms with Gasteiger partial charge >= 0.3 is 0 Å². The van der Waals surface area contributed by atoms with Crippen molar-refractivity contribution in [1.82, 2.24) is 30.1 Å². The highest BCUT2D eigenvalue weighted by molar-refractivity contribution is 7.09. The SMILES string of the molecule is CCC(C)(C)n1nnnc1[C@H](c1cc2cc(C)cc(C)c2[nH]c1=O)N(Cc1ccccc1)Cc1cccs1. The number of thiophene rings is 1. The number of aromatic amines is 1. The number of pyridine rings is 1. The third-order valence-corrected chi connectivity index (χ3v) is 8.19. The van der Waals surface area contributed by atoms with Gasteiger partial charge in [0.15, 0.2) is 5.82 Å². The fourth-order valence-electron chi connectivity index (χ4n) is 5.01. The van der Waals surface area contributed by atoms with E-state index in [4.69, 9.17) is 0 Å². The molecule has 8 heteroatoms. The van der Waals surface area contributed by atoms with Gasteiger partial charge in [-0.3, -0.25) is 9.69 Å². The summed E-state index contributed by atoms with van der Waals surface area (Å²) in [6.07, 6.45) is 0.841. The summed E-state index contributed by atoms with van der Waals surface area (Å²) in [7, 11) is 0. The molecule has 2 aromatic carbocycles. The first-order valence-corrected chi connectivity index (χ1v) is 13.9. The summed E-state index contributed by atoms with van der Waals surface area (Å²) in [6, 6.07) is 20.3. The molecule has 196 valence electrons. The van der Waals surface area contributed by atoms with Crippen molar-refractivity contribution < 1.29 is 0 Å². The number of tetrazole rings is 1. The van der Waals surface area contributed by atoms with Crippen LogP contribution in [0, 0.1) is 13.8 Å². The average Bonchev–Trinajstić information content (AvgIpc) is 3.59. The zero-order chi connectivity index (χ0) is 26.9. The molecule has 7 nitrogen and oxygen atoms in total. The highest BCUT2D eigenvalue weighted by atomic mass is 32.1. The number of nitrogens with zero attached hydrogens (tertiary/aromatic N) is 5. The number of hydrogen-bond donors (Lipinski definition) is 1. The van der Waals surface area contributed by atoms with Gasteiger partial charge in [0.05, 0.1) is 11.1 Å². The van der Waals surface area contributed by atoms with Gasteiger partial charge in [-0.15, -0.1) is 16.4 Å². The quantitative estimate of drug-likeness (QED) is 0.250. The Hall–Kier alpha value is -3.62. The van der Waals surface area contributed by atoms with E-state index in [0.29, 0.717) is 24.5 Å². The molecular weight excluding hydrogens is 492 g/mol. The summed E-state index contributed by atoms with van der Waals surface area (Å²) >= 11 is 1.71. The molecule has 0 unspecified atom stereocenters. The Morgan fingerprint density at radius 1 is 1.05 bits per heavy atom. The molecular formula is C30H34N6OS. The van der Waals surface area contributed by atoms with Crippen LogP contribution in [-0.4, -0.2) is 30.1 Å². The third kappa shape index (κ3) is 5.19. The first-order valence-electron chi connectivity index (χ1n) is 13.0. The number of aryl methyl sites for hydroxylation is 2. The summed E-state index contributed by atoms with van der Waals surface area (Å²) < 4.78 is 1.90. The zero-order valence-corrected chi connectivity index (χ0v) is 23.4. The van der Waals surface area contributed by atoms with Crippen LogP contribution in [0.5, 0.6) is 0 Å². The van der Waals surface area contributed by atoms with Crippen LogP contribution in [0.15, 0.2) is 70.8 Å². The molecule has 0 saturated carbocycles. The first-order chi connectivity index (χ1) is 18.3. The van der Waals surface area contributed by atoms with Gasteiger partial charge in [-0.2, -0.15) is 0 Å². The average molecular weight is 527 g/mol. The Morgan fingerprint density at radius 2 is 1.84 bits per heavy atom. The predicted octanol–water partition coefficient (Wildman–Crippen LogP) is 6.13. The van der Waals surface area contributed by atoms with E-state index in [1.54, 1.807) is 11.3 Å². The maximum absolute atomic E-state index is 13.8. The van der Waals surface area contributed by atoms with Crippen molar-refractivity contribution in [3.8, 4) is 0 Å². The molecule has 0 fully saturated rings. The van der Waals surface area contributed by atoms with Crippen LogP contribution in [0.2, 0.25) is 0 Å². The zero-order valence-electron chi connectivity index (χ0n) is 22.6. The second-order valence-corrected chi connectivity index (χ2v) is 11.6. The van der Waals surface area contributed by atoms with E-state index in [9.17, 15) is 4.79 Å². The lowest BCUT2D eigenvalue weighted by atomic mass is 9.98. The monoisotopic (exact) mass is 526 g/mol. The number of nitrogens with one attached hydrogen (secondary N) is 1. The summed E-state index contributed by atoms with van der Waals surface area (Å²) in [5.74, 6) is 0.665. The second-order valence-electron chi connectivity index (χ2n) is 10.6. The van der Waals surface area contributed by atoms with E-state index >= 15 is 0 Å². The minimum absolute atomic E-state index is 0.123. The van der Waals surface area contributed by atoms with E-state index in [-0.39, 0.29) is 11.1 Å². The lowest BCUT2D eigenvalue weighted by molar-refractivity contribution is 0.182. The molecule has 0 spiro atoms. The van der Waals surface area contributed by atoms with Crippen molar-refractivity contribution in [2.75, 3.05) is 0 Å². The van der Waals surface area contributed by atoms with Crippen LogP contribution in [0.1, 0.15) is 66.2 Å². The maximum atomic E-state index is 13.8. The molecule has 0 bridgehead atoms. The topological polar surface area (TPSA) is 79.7 Å². The van der Waals surface area contributed by atoms with E-state index in [1.807, 2.05) is 35.9 Å². The largest absolute Gasteiger partial charge is 0.321 e. The lowest BCUT2D eigenvalue weighted by Crippen LogP contribution is -2.37. The van der Waals surface area contributed by atoms with Crippen LogP contribution in [-0.2, 0) is 18.6 Å². The van der Waals surface area contributed by atoms with Crippen molar-refractivity contribution in [2.24, 2.45) is 0 Å². The summed E-state index contributed by atoms with van der Waals surface area (Å²) in [4.78, 5) is 20.6. The molecule has 5 aromatic rings. The number of aromatic nitrogens is 5. The van der Waals surface area contributed by atoms with E-state index in [0.717, 1.165) is 34.0 Å². The molecule has 3 aromatic heterocycles. The summed E-state index contributed by atoms with van der Waals surface area (Å²) in [6.45, 7) is 11.8. The van der Waals surface area contributed by atoms with Crippen molar-refractivity contribution in [3.63, 3.8) is 0 Å². The molecule has 0 radical (unpaired) electrons. The Bertz CT molecular complexity index is 1590. The Morgan fingerprint density at radius 3 is 2.55 bits per heavy atom. The highest BCUT2D eigenvalue weighted by Crippen LogP contribution is 2.33. The van der Waals surface area contributed by atoms with Gasteiger partial charge in [-0.05, 0) is 84.6 Å². The fraction of sp³-hybridized carbons (Fsp3) is 0.333. The third-order valence-electron chi connectivity index (χ3n) is 7.33. The number of fused-ring (bicyclic) bond motifs is 1. The lowest BCUT2D eigenvalue weighted by Gasteiger charge is -2.33. The van der Waals surface area contributed by atoms with Gasteiger partial charge in [0, 0.05) is 23.5 Å². The number of hydrogen-bond acceptors (Lipinski definition) is 6. The first kappa shape index (κ1) is 26.0. The van der Waals surface area contributed by atoms with E-state index < -0.39 is 6.04 Å². The molecule has 3 heterocycles. The minimum atomic E-state index is -0.466. The van der Waals surface area contributed by atoms with Crippen molar-refractivity contribution in [3.05, 3.63) is 109 Å². The number of H-pyrrole nitrogens is 1. The standard InChI is InChI=1S/C30H34N6OS/c1-6-30(4,5)36-28(32-33-34-36)27(25-17-23-16-20(2)15-21(3)26(23)31-29(25)37)35(19-24-13-10-14-38-24)18-22-11-8-7-9-12-22/h7-17,27H,6,18-19H2,1-5H3,(H,31,37)/t27-/m0/s1. The molecule has 0 aliphatic carbocycles. The fourth-order valence-corrected chi connectivity index (χ4v) is 5.74. The number of rotatable bonds is 9. The summed E-state index contributed by atoms with van der Waals surface area (Å²) in [5, 5.41) is 16.2. The van der Waals surface area contributed by atoms with Crippen LogP contribution in [0.3, 0.4) is 0 Å². The van der Waals surface area contributed by atoms with Crippen LogP contribution in [0.25, 0.3) is 10.9 Å². The molecule has 0 amide bonds. The predicted molar refractivity (Wildman–Crippen MR) is 153 cm³/mol. The van der Waals surface area contributed by atoms with Crippen molar-refractivity contribution in [2.45, 2.75) is 65.7 Å². The molecule has 38 heavy (non-hydrogen) atoms. The maximum Gasteiger partial charge on any atom is 0.253 e. The van der Waals surface area contributed by atoms with Crippen LogP contribution < -0.4 is 5.56 Å². The van der Waals surface area contributed by atoms with Crippen molar-refractivity contribution >= 4 is 22.2 Å². The van der Waals surface area contributed by atoms with E-state index in [1.165, 1.54) is 4.88 Å². The van der Waals surface area contributed by atoms with Crippen LogP contribution >= 0.6 is 11.3 Å². The molecule has 5 rings (SSSR count). The van der Waals surface area contributed by atoms with Gasteiger partial charge in [0.1, 0.15) is 6.04 Å². The summed E-state index contributed by atoms with van der Waals surface area (Å²) in [5.41, 5.74) is 4.42. The molecule has 0 aliphatic rings. The van der Waals surface area contributed by atoms with Gasteiger partial charge in [-0.1, -0.05) is 55.0 Å². The Balaban J connectivity index is 1.75. The highest BCUT2D eigenvalue weighted by Gasteiger charge is 2.34. The van der Waals surface area contributed by atoms with Gasteiger partial charge in [0.25, 0.3) is 5.56 Å². The molecule has 0 aliphatic heterocycles. The van der Waals surface area contributed by atoms with E-state index in [2.05, 4.69) is 94.9 Å². The molecule has 1 N–H and O–H groups in total. The van der Waals surface area contributed by atoms with Crippen molar-refractivity contribution in [1.29, 1.82) is 0 Å². The number of benzene rings is 2. The minimum Gasteiger partial charge on any atom is -0.321 e. The normalized spacial score (nSPS) is 12.9. The van der Waals surface area contributed by atoms with Gasteiger partial charge < -0.3 is 4.98 Å². The van der Waals surface area contributed by atoms with Gasteiger partial charge in [0.2, 0.25) is 0 Å². The Labute approximate surface area is 227 Å².